The van der Waals surface area contributed by atoms with Gasteiger partial charge in [0.2, 0.25) is 8.32 Å². The van der Waals surface area contributed by atoms with Crippen LogP contribution in [0.25, 0.3) is 12.2 Å². The second kappa shape index (κ2) is 6.75. The quantitative estimate of drug-likeness (QED) is 0.458. The summed E-state index contributed by atoms with van der Waals surface area (Å²) in [5.74, 6) is 1.02. The first-order valence-electron chi connectivity index (χ1n) is 8.22. The number of hydrogen-bond donors (Lipinski definition) is 0. The van der Waals surface area contributed by atoms with Crippen molar-refractivity contribution in [2.45, 2.75) is 45.8 Å². The van der Waals surface area contributed by atoms with Crippen molar-refractivity contribution in [1.82, 2.24) is 0 Å². The highest BCUT2D eigenvalue weighted by Crippen LogP contribution is 2.38. The van der Waals surface area contributed by atoms with Crippen molar-refractivity contribution < 1.29 is 4.43 Å². The Labute approximate surface area is 142 Å². The van der Waals surface area contributed by atoms with Crippen molar-refractivity contribution in [3.8, 4) is 5.75 Å². The number of hydrogen-bond acceptors (Lipinski definition) is 1. The molecule has 2 rings (SSSR count). The van der Waals surface area contributed by atoms with Crippen LogP contribution in [0.4, 0.5) is 0 Å². The number of benzene rings is 2. The van der Waals surface area contributed by atoms with Crippen molar-refractivity contribution in [3.63, 3.8) is 0 Å². The fourth-order valence-electron chi connectivity index (χ4n) is 2.08. The van der Waals surface area contributed by atoms with Crippen molar-refractivity contribution in [2.24, 2.45) is 0 Å². The minimum Gasteiger partial charge on any atom is -0.543 e. The second-order valence-electron chi connectivity index (χ2n) is 7.63. The van der Waals surface area contributed by atoms with E-state index in [4.69, 9.17) is 4.43 Å². The maximum Gasteiger partial charge on any atom is 0.250 e. The summed E-state index contributed by atoms with van der Waals surface area (Å²) in [7, 11) is -1.78. The zero-order valence-electron chi connectivity index (χ0n) is 15.2. The fraction of sp³-hybridized carbons (Fsp3) is 0.333. The molecule has 122 valence electrons. The topological polar surface area (TPSA) is 9.23 Å². The molecule has 0 saturated carbocycles. The van der Waals surface area contributed by atoms with Gasteiger partial charge in [0.05, 0.1) is 0 Å². The van der Waals surface area contributed by atoms with E-state index in [0.717, 1.165) is 5.75 Å². The predicted octanol–water partition coefficient (Wildman–Crippen LogP) is 6.55. The van der Waals surface area contributed by atoms with E-state index in [1.165, 1.54) is 16.7 Å². The van der Waals surface area contributed by atoms with E-state index in [1.54, 1.807) is 0 Å². The van der Waals surface area contributed by atoms with Gasteiger partial charge in [-0.2, -0.15) is 0 Å². The molecule has 2 heteroatoms. The molecule has 23 heavy (non-hydrogen) atoms. The summed E-state index contributed by atoms with van der Waals surface area (Å²) in [6.45, 7) is 13.5. The summed E-state index contributed by atoms with van der Waals surface area (Å²) in [5, 5.41) is 0.214. The maximum atomic E-state index is 6.43. The Bertz CT molecular complexity index is 679. The molecule has 0 aliphatic carbocycles. The highest BCUT2D eigenvalue weighted by molar-refractivity contribution is 6.74. The normalized spacial score (nSPS) is 12.6. The molecule has 2 aromatic rings. The summed E-state index contributed by atoms with van der Waals surface area (Å²) >= 11 is 0. The Kier molecular flexibility index (Phi) is 5.15. The lowest BCUT2D eigenvalue weighted by molar-refractivity contribution is 0.489. The van der Waals surface area contributed by atoms with Gasteiger partial charge in [-0.1, -0.05) is 69.3 Å². The lowest BCUT2D eigenvalue weighted by Gasteiger charge is -2.37. The molecule has 0 aromatic heterocycles. The van der Waals surface area contributed by atoms with Gasteiger partial charge in [0.1, 0.15) is 5.75 Å². The van der Waals surface area contributed by atoms with E-state index >= 15 is 0 Å². The Hall–Kier alpha value is -1.80. The molecule has 0 N–H and O–H groups in total. The minimum atomic E-state index is -1.78. The largest absolute Gasteiger partial charge is 0.543 e. The van der Waals surface area contributed by atoms with Crippen LogP contribution in [0, 0.1) is 6.92 Å². The Balaban J connectivity index is 2.17. The lowest BCUT2D eigenvalue weighted by atomic mass is 10.1. The molecule has 1 nitrogen and oxygen atoms in total. The lowest BCUT2D eigenvalue weighted by Crippen LogP contribution is -2.44. The highest BCUT2D eigenvalue weighted by Gasteiger charge is 2.39. The van der Waals surface area contributed by atoms with Crippen LogP contribution in [0.15, 0.2) is 48.5 Å². The SMILES string of the molecule is Cc1cc(/C=C/c2ccccc2)ccc1O[Si](C)(C)C(C)(C)C. The molecule has 0 fully saturated rings. The van der Waals surface area contributed by atoms with Gasteiger partial charge in [0.25, 0.3) is 0 Å². The maximum absolute atomic E-state index is 6.43. The molecular formula is C21H28OSi. The van der Waals surface area contributed by atoms with Crippen LogP contribution in [0.3, 0.4) is 0 Å². The van der Waals surface area contributed by atoms with Gasteiger partial charge in [-0.15, -0.1) is 0 Å². The zero-order chi connectivity index (χ0) is 17.1. The van der Waals surface area contributed by atoms with Crippen LogP contribution in [-0.4, -0.2) is 8.32 Å². The molecule has 0 bridgehead atoms. The van der Waals surface area contributed by atoms with Crippen molar-refractivity contribution in [3.05, 3.63) is 65.2 Å². The van der Waals surface area contributed by atoms with Gasteiger partial charge < -0.3 is 4.43 Å². The van der Waals surface area contributed by atoms with Gasteiger partial charge in [-0.05, 0) is 53.9 Å². The molecule has 2 aromatic carbocycles. The van der Waals surface area contributed by atoms with E-state index in [9.17, 15) is 0 Å². The average Bonchev–Trinajstić information content (AvgIpc) is 2.47. The molecule has 0 radical (unpaired) electrons. The minimum absolute atomic E-state index is 0.214. The van der Waals surface area contributed by atoms with Gasteiger partial charge >= 0.3 is 0 Å². The Morgan fingerprint density at radius 2 is 1.48 bits per heavy atom. The molecule has 0 heterocycles. The summed E-state index contributed by atoms with van der Waals surface area (Å²) < 4.78 is 6.43. The second-order valence-corrected chi connectivity index (χ2v) is 12.4. The summed E-state index contributed by atoms with van der Waals surface area (Å²) in [5.41, 5.74) is 3.62. The van der Waals surface area contributed by atoms with E-state index in [1.807, 2.05) is 6.07 Å². The molecule has 0 aliphatic rings. The third kappa shape index (κ3) is 4.58. The molecular weight excluding hydrogens is 296 g/mol. The highest BCUT2D eigenvalue weighted by atomic mass is 28.4. The first kappa shape index (κ1) is 17.5. The van der Waals surface area contributed by atoms with Crippen molar-refractivity contribution in [1.29, 1.82) is 0 Å². The van der Waals surface area contributed by atoms with Gasteiger partial charge in [-0.3, -0.25) is 0 Å². The smallest absolute Gasteiger partial charge is 0.250 e. The third-order valence-corrected chi connectivity index (χ3v) is 8.98. The monoisotopic (exact) mass is 324 g/mol. The van der Waals surface area contributed by atoms with Gasteiger partial charge in [-0.25, -0.2) is 0 Å². The van der Waals surface area contributed by atoms with Crippen molar-refractivity contribution >= 4 is 20.5 Å². The fourth-order valence-corrected chi connectivity index (χ4v) is 3.16. The summed E-state index contributed by atoms with van der Waals surface area (Å²) in [6.07, 6.45) is 4.29. The Morgan fingerprint density at radius 3 is 2.04 bits per heavy atom. The summed E-state index contributed by atoms with van der Waals surface area (Å²) in [6, 6.07) is 16.8. The zero-order valence-corrected chi connectivity index (χ0v) is 16.2. The summed E-state index contributed by atoms with van der Waals surface area (Å²) in [4.78, 5) is 0. The molecule has 0 spiro atoms. The van der Waals surface area contributed by atoms with E-state index in [0.29, 0.717) is 0 Å². The predicted molar refractivity (Wildman–Crippen MR) is 104 cm³/mol. The average molecular weight is 325 g/mol. The van der Waals surface area contributed by atoms with Crippen LogP contribution in [0.5, 0.6) is 5.75 Å². The van der Waals surface area contributed by atoms with E-state index in [2.05, 4.69) is 95.4 Å². The van der Waals surface area contributed by atoms with Crippen molar-refractivity contribution in [2.75, 3.05) is 0 Å². The van der Waals surface area contributed by atoms with E-state index in [-0.39, 0.29) is 5.04 Å². The first-order chi connectivity index (χ1) is 10.7. The molecule has 0 unspecified atom stereocenters. The number of aryl methyl sites for hydroxylation is 1. The standard InChI is InChI=1S/C21H28OSi/c1-17-16-19(13-12-18-10-8-7-9-11-18)14-15-20(17)22-23(5,6)21(2,3)4/h7-16H,1-6H3/b13-12+. The van der Waals surface area contributed by atoms with Gasteiger partial charge in [0.15, 0.2) is 0 Å². The van der Waals surface area contributed by atoms with E-state index < -0.39 is 8.32 Å². The van der Waals surface area contributed by atoms with Crippen LogP contribution in [0.1, 0.15) is 37.5 Å². The number of rotatable bonds is 4. The third-order valence-electron chi connectivity index (χ3n) is 4.64. The molecule has 0 saturated heterocycles. The molecule has 0 amide bonds. The Morgan fingerprint density at radius 1 is 0.870 bits per heavy atom. The van der Waals surface area contributed by atoms with Crippen LogP contribution in [0.2, 0.25) is 18.1 Å². The molecule has 0 aliphatic heterocycles. The molecule has 0 atom stereocenters. The van der Waals surface area contributed by atoms with Crippen LogP contribution < -0.4 is 4.43 Å². The first-order valence-corrected chi connectivity index (χ1v) is 11.1. The van der Waals surface area contributed by atoms with Crippen LogP contribution in [-0.2, 0) is 0 Å². The van der Waals surface area contributed by atoms with Gasteiger partial charge in [0, 0.05) is 0 Å². The van der Waals surface area contributed by atoms with Crippen LogP contribution >= 0.6 is 0 Å².